The Morgan fingerprint density at radius 3 is 2.29 bits per heavy atom. The lowest BCUT2D eigenvalue weighted by molar-refractivity contribution is -0.384. The number of amides is 4. The van der Waals surface area contributed by atoms with Crippen molar-refractivity contribution in [2.24, 2.45) is 23.7 Å². The van der Waals surface area contributed by atoms with Gasteiger partial charge in [0, 0.05) is 28.6 Å². The van der Waals surface area contributed by atoms with E-state index in [1.54, 1.807) is 61.5 Å². The van der Waals surface area contributed by atoms with Gasteiger partial charge in [-0.3, -0.25) is 34.2 Å². The monoisotopic (exact) mass is 717 g/mol. The van der Waals surface area contributed by atoms with Crippen LogP contribution >= 0.6 is 11.6 Å². The van der Waals surface area contributed by atoms with Crippen LogP contribution in [0.5, 0.6) is 11.5 Å². The molecule has 2 aliphatic heterocycles. The standard InChI is InChI=1S/C40H32ClN3O8/c1-2-52-32-13-7-12-29(35(32)45)34-27-18-19-28-33(38(48)42(36(28)46)24-14-16-25(17-15-24)44(50)51)30(27)21-31-37(47)43(26-11-6-10-23(41)20-26)39(49)40(31,34)22-8-4-3-5-9-22/h3-18,20,28,30-31,33-34,45H,2,19,21H2,1H3/t28-,30+,31-,33-,34+,40+/m0/s1. The van der Waals surface area contributed by atoms with E-state index in [1.807, 2.05) is 24.3 Å². The van der Waals surface area contributed by atoms with E-state index in [2.05, 4.69) is 0 Å². The molecule has 11 nitrogen and oxygen atoms in total. The van der Waals surface area contributed by atoms with Crippen LogP contribution in [0.4, 0.5) is 17.1 Å². The fourth-order valence-corrected chi connectivity index (χ4v) is 9.29. The highest BCUT2D eigenvalue weighted by Crippen LogP contribution is 2.65. The molecule has 8 rings (SSSR count). The molecule has 0 unspecified atom stereocenters. The first-order valence-electron chi connectivity index (χ1n) is 17.1. The fraction of sp³-hybridized carbons (Fsp3) is 0.250. The average molecular weight is 718 g/mol. The third-order valence-corrected chi connectivity index (χ3v) is 11.4. The topological polar surface area (TPSA) is 147 Å². The number of carbonyl (C=O) groups excluding carboxylic acids is 4. The lowest BCUT2D eigenvalue weighted by Gasteiger charge is -2.50. The second kappa shape index (κ2) is 12.4. The van der Waals surface area contributed by atoms with Gasteiger partial charge in [0.25, 0.3) is 5.69 Å². The number of nitrogens with zero attached hydrogens (tertiary/aromatic N) is 3. The van der Waals surface area contributed by atoms with E-state index >= 15 is 4.79 Å². The van der Waals surface area contributed by atoms with E-state index < -0.39 is 63.6 Å². The van der Waals surface area contributed by atoms with Crippen LogP contribution in [0.2, 0.25) is 5.02 Å². The maximum atomic E-state index is 15.4. The van der Waals surface area contributed by atoms with Gasteiger partial charge < -0.3 is 9.84 Å². The number of carbonyl (C=O) groups is 4. The number of halogens is 1. The predicted molar refractivity (Wildman–Crippen MR) is 191 cm³/mol. The molecule has 1 N–H and O–H groups in total. The summed E-state index contributed by atoms with van der Waals surface area (Å²) in [4.78, 5) is 71.8. The number of non-ortho nitro benzene ring substituents is 1. The molecule has 2 heterocycles. The molecule has 4 aromatic carbocycles. The zero-order valence-corrected chi connectivity index (χ0v) is 28.6. The zero-order chi connectivity index (χ0) is 36.5. The number of nitro benzene ring substituents is 1. The first-order valence-corrected chi connectivity index (χ1v) is 17.4. The van der Waals surface area contributed by atoms with Gasteiger partial charge in [0.2, 0.25) is 23.6 Å². The van der Waals surface area contributed by atoms with E-state index in [0.717, 1.165) is 4.90 Å². The lowest BCUT2D eigenvalue weighted by Crippen LogP contribution is -2.53. The lowest BCUT2D eigenvalue weighted by atomic mass is 9.49. The van der Waals surface area contributed by atoms with Gasteiger partial charge in [-0.25, -0.2) is 4.90 Å². The number of anilines is 2. The molecule has 3 fully saturated rings. The molecule has 0 radical (unpaired) electrons. The molecule has 4 aliphatic rings. The van der Waals surface area contributed by atoms with Gasteiger partial charge in [-0.2, -0.15) is 0 Å². The molecule has 0 spiro atoms. The summed E-state index contributed by atoms with van der Waals surface area (Å²) < 4.78 is 5.80. The largest absolute Gasteiger partial charge is 0.504 e. The average Bonchev–Trinajstić information content (AvgIpc) is 3.53. The summed E-state index contributed by atoms with van der Waals surface area (Å²) in [6.07, 6.45) is 2.14. The third kappa shape index (κ3) is 4.72. The van der Waals surface area contributed by atoms with Crippen molar-refractivity contribution < 1.29 is 33.9 Å². The van der Waals surface area contributed by atoms with Gasteiger partial charge in [-0.1, -0.05) is 71.8 Å². The SMILES string of the molecule is CCOc1cccc([C@H]2C3=CC[C@@H]4C(=O)N(c5ccc([N+](=O)[O-])cc5)C(=O)[C@@H]4[C@@H]3C[C@H]3C(=O)N(c4cccc(Cl)c4)C(=O)[C@@]23c2ccccc2)c1O. The molecule has 6 atom stereocenters. The minimum Gasteiger partial charge on any atom is -0.504 e. The molecule has 0 bridgehead atoms. The maximum Gasteiger partial charge on any atom is 0.269 e. The van der Waals surface area contributed by atoms with Crippen molar-refractivity contribution in [3.63, 3.8) is 0 Å². The molecular formula is C40H32ClN3O8. The number of aromatic hydroxyl groups is 1. The number of rotatable bonds is 7. The molecule has 2 saturated heterocycles. The summed E-state index contributed by atoms with van der Waals surface area (Å²) in [5.74, 6) is -6.16. The molecule has 52 heavy (non-hydrogen) atoms. The van der Waals surface area contributed by atoms with Crippen molar-refractivity contribution in [1.82, 2.24) is 0 Å². The second-order valence-electron chi connectivity index (χ2n) is 13.5. The van der Waals surface area contributed by atoms with Crippen molar-refractivity contribution >= 4 is 52.3 Å². The molecule has 4 aromatic rings. The fourth-order valence-electron chi connectivity index (χ4n) is 9.11. The molecule has 1 saturated carbocycles. The number of para-hydroxylation sites is 1. The summed E-state index contributed by atoms with van der Waals surface area (Å²) in [7, 11) is 0. The number of phenols is 1. The minimum atomic E-state index is -1.57. The second-order valence-corrected chi connectivity index (χ2v) is 13.9. The van der Waals surface area contributed by atoms with E-state index in [1.165, 1.54) is 29.2 Å². The molecule has 4 amide bonds. The number of hydrogen-bond acceptors (Lipinski definition) is 8. The first-order chi connectivity index (χ1) is 25.1. The number of allylic oxidation sites excluding steroid dienone is 2. The number of nitro groups is 1. The van der Waals surface area contributed by atoms with Crippen molar-refractivity contribution in [2.45, 2.75) is 31.1 Å². The molecular weight excluding hydrogens is 686 g/mol. The Morgan fingerprint density at radius 1 is 0.865 bits per heavy atom. The Morgan fingerprint density at radius 2 is 1.60 bits per heavy atom. The smallest absolute Gasteiger partial charge is 0.269 e. The Bertz CT molecular complexity index is 2210. The highest BCUT2D eigenvalue weighted by atomic mass is 35.5. The van der Waals surface area contributed by atoms with Gasteiger partial charge in [-0.05, 0) is 67.6 Å². The van der Waals surface area contributed by atoms with Crippen LogP contribution in [0, 0.1) is 33.8 Å². The summed E-state index contributed by atoms with van der Waals surface area (Å²) in [5, 5.41) is 23.5. The molecule has 0 aromatic heterocycles. The van der Waals surface area contributed by atoms with Crippen LogP contribution in [0.1, 0.15) is 36.8 Å². The number of phenolic OH excluding ortho intramolecular Hbond substituents is 1. The van der Waals surface area contributed by atoms with Gasteiger partial charge in [0.15, 0.2) is 11.5 Å². The van der Waals surface area contributed by atoms with E-state index in [-0.39, 0.29) is 42.3 Å². The van der Waals surface area contributed by atoms with Crippen LogP contribution in [-0.4, -0.2) is 40.3 Å². The summed E-state index contributed by atoms with van der Waals surface area (Å²) in [6.45, 7) is 2.05. The van der Waals surface area contributed by atoms with Crippen molar-refractivity contribution in [1.29, 1.82) is 0 Å². The minimum absolute atomic E-state index is 0.0685. The molecule has 262 valence electrons. The molecule has 2 aliphatic carbocycles. The van der Waals surface area contributed by atoms with Crippen molar-refractivity contribution in [3.05, 3.63) is 135 Å². The Balaban J connectivity index is 1.34. The third-order valence-electron chi connectivity index (χ3n) is 11.1. The van der Waals surface area contributed by atoms with Gasteiger partial charge in [-0.15, -0.1) is 0 Å². The number of fused-ring (bicyclic) bond motifs is 4. The highest BCUT2D eigenvalue weighted by Gasteiger charge is 2.70. The van der Waals surface area contributed by atoms with E-state index in [9.17, 15) is 29.6 Å². The van der Waals surface area contributed by atoms with Crippen LogP contribution < -0.4 is 14.5 Å². The van der Waals surface area contributed by atoms with Gasteiger partial charge in [0.05, 0.1) is 46.1 Å². The normalized spacial score (nSPS) is 26.5. The summed E-state index contributed by atoms with van der Waals surface area (Å²) in [5.41, 5.74) is 0.352. The Hall–Kier alpha value is -5.81. The molecule has 12 heteroatoms. The maximum absolute atomic E-state index is 15.4. The van der Waals surface area contributed by atoms with Gasteiger partial charge in [0.1, 0.15) is 0 Å². The van der Waals surface area contributed by atoms with Crippen molar-refractivity contribution in [3.8, 4) is 11.5 Å². The Kier molecular flexibility index (Phi) is 7.98. The van der Waals surface area contributed by atoms with E-state index in [0.29, 0.717) is 27.4 Å². The van der Waals surface area contributed by atoms with E-state index in [4.69, 9.17) is 16.3 Å². The zero-order valence-electron chi connectivity index (χ0n) is 27.8. The number of hydrogen-bond donors (Lipinski definition) is 1. The van der Waals surface area contributed by atoms with Crippen LogP contribution in [0.3, 0.4) is 0 Å². The van der Waals surface area contributed by atoms with Crippen molar-refractivity contribution in [2.75, 3.05) is 16.4 Å². The van der Waals surface area contributed by atoms with Crippen LogP contribution in [-0.2, 0) is 24.6 Å². The Labute approximate surface area is 303 Å². The number of imide groups is 2. The summed E-state index contributed by atoms with van der Waals surface area (Å²) in [6, 6.07) is 25.8. The summed E-state index contributed by atoms with van der Waals surface area (Å²) >= 11 is 6.38. The number of benzene rings is 4. The van der Waals surface area contributed by atoms with Crippen LogP contribution in [0.15, 0.2) is 109 Å². The number of ether oxygens (including phenoxy) is 1. The quantitative estimate of drug-likeness (QED) is 0.0960. The van der Waals surface area contributed by atoms with Crippen LogP contribution in [0.25, 0.3) is 0 Å². The predicted octanol–water partition coefficient (Wildman–Crippen LogP) is 6.72. The highest BCUT2D eigenvalue weighted by molar-refractivity contribution is 6.32. The first kappa shape index (κ1) is 33.3. The van der Waals surface area contributed by atoms with Gasteiger partial charge >= 0.3 is 0 Å².